The number of hydrogen-bond donors (Lipinski definition) is 1. The maximum absolute atomic E-state index is 14.5. The molecule has 0 bridgehead atoms. The van der Waals surface area contributed by atoms with E-state index >= 15 is 0 Å². The first-order valence-corrected chi connectivity index (χ1v) is 15.9. The summed E-state index contributed by atoms with van der Waals surface area (Å²) >= 11 is 0. The first-order valence-electron chi connectivity index (χ1n) is 14.1. The summed E-state index contributed by atoms with van der Waals surface area (Å²) in [5.74, 6) is 0.896. The number of benzene rings is 1. The molecule has 220 valence electrons. The third-order valence-corrected chi connectivity index (χ3v) is 10.5. The van der Waals surface area contributed by atoms with Crippen LogP contribution in [0.3, 0.4) is 0 Å². The number of fused-ring (bicyclic) bond motifs is 2. The highest BCUT2D eigenvalue weighted by Gasteiger charge is 2.35. The number of urea groups is 1. The fourth-order valence-electron chi connectivity index (χ4n) is 6.45. The van der Waals surface area contributed by atoms with E-state index in [0.717, 1.165) is 35.4 Å². The molecular formula is C28H35F2N7O3S. The third-order valence-electron chi connectivity index (χ3n) is 8.82. The predicted octanol–water partition coefficient (Wildman–Crippen LogP) is 4.06. The van der Waals surface area contributed by atoms with Gasteiger partial charge in [-0.3, -0.25) is 9.36 Å². The van der Waals surface area contributed by atoms with Crippen molar-refractivity contribution < 1.29 is 22.0 Å². The van der Waals surface area contributed by atoms with Crippen molar-refractivity contribution in [3.8, 4) is 11.1 Å². The molecule has 5 heterocycles. The molecule has 1 saturated heterocycles. The van der Waals surface area contributed by atoms with Crippen molar-refractivity contribution in [2.24, 2.45) is 7.05 Å². The van der Waals surface area contributed by atoms with Crippen molar-refractivity contribution in [2.45, 2.75) is 58.0 Å². The Hall–Kier alpha value is -3.48. The Labute approximate surface area is 238 Å². The molecule has 0 spiro atoms. The van der Waals surface area contributed by atoms with Crippen molar-refractivity contribution in [1.29, 1.82) is 0 Å². The Morgan fingerprint density at radius 2 is 1.88 bits per heavy atom. The van der Waals surface area contributed by atoms with E-state index in [4.69, 9.17) is 5.10 Å². The highest BCUT2D eigenvalue weighted by Crippen LogP contribution is 2.44. The first kappa shape index (κ1) is 27.7. The number of nitrogens with zero attached hydrogens (tertiary/aromatic N) is 6. The van der Waals surface area contributed by atoms with Gasteiger partial charge in [0.05, 0.1) is 30.3 Å². The van der Waals surface area contributed by atoms with Crippen molar-refractivity contribution in [3.63, 3.8) is 0 Å². The topological polar surface area (TPSA) is 105 Å². The highest BCUT2D eigenvalue weighted by molar-refractivity contribution is 7.91. The summed E-state index contributed by atoms with van der Waals surface area (Å²) in [6.45, 7) is 3.33. The number of carbonyl (C=O) groups is 1. The van der Waals surface area contributed by atoms with Gasteiger partial charge >= 0.3 is 6.03 Å². The van der Waals surface area contributed by atoms with Crippen LogP contribution in [0.1, 0.15) is 59.8 Å². The standard InChI is InChI=1S/C28H35F2N7O3S/c1-17-22(15-32-34(17)3)20-13-18-5-4-9-36(25(18)14-21(20)26(29)30)27-23-16-35(28(38)31-2)10-6-24(23)37(33-27)19-7-11-41(39,40)12-8-19/h13-15,19,26H,4-12,16H2,1-3H3,(H,31,38). The average Bonchev–Trinajstić information content (AvgIpc) is 3.50. The molecule has 1 aromatic carbocycles. The second-order valence-electron chi connectivity index (χ2n) is 11.2. The number of halogens is 2. The van der Waals surface area contributed by atoms with Gasteiger partial charge in [0.1, 0.15) is 9.84 Å². The lowest BCUT2D eigenvalue weighted by molar-refractivity contribution is 0.152. The highest BCUT2D eigenvalue weighted by atomic mass is 32.2. The average molecular weight is 588 g/mol. The lowest BCUT2D eigenvalue weighted by Gasteiger charge is -2.33. The summed E-state index contributed by atoms with van der Waals surface area (Å²) < 4.78 is 57.0. The van der Waals surface area contributed by atoms with Gasteiger partial charge in [-0.25, -0.2) is 22.0 Å². The SMILES string of the molecule is CNC(=O)N1CCc2c(c(N3CCCc4cc(-c5cnn(C)c5C)c(C(F)F)cc43)nn2C2CCS(=O)(=O)CC2)C1. The molecule has 41 heavy (non-hydrogen) atoms. The van der Waals surface area contributed by atoms with Gasteiger partial charge in [0, 0.05) is 67.4 Å². The molecule has 3 aliphatic heterocycles. The van der Waals surface area contributed by atoms with Gasteiger partial charge in [0.25, 0.3) is 6.43 Å². The minimum absolute atomic E-state index is 0.0514. The fourth-order valence-corrected chi connectivity index (χ4v) is 7.91. The van der Waals surface area contributed by atoms with Crippen LogP contribution in [0.5, 0.6) is 0 Å². The van der Waals surface area contributed by atoms with Crippen molar-refractivity contribution in [3.05, 3.63) is 46.4 Å². The molecule has 3 aliphatic rings. The van der Waals surface area contributed by atoms with Gasteiger partial charge in [0.2, 0.25) is 0 Å². The molecule has 0 radical (unpaired) electrons. The summed E-state index contributed by atoms with van der Waals surface area (Å²) in [5, 5.41) is 12.0. The molecule has 2 aromatic heterocycles. The third kappa shape index (κ3) is 4.87. The van der Waals surface area contributed by atoms with Crippen LogP contribution in [0.25, 0.3) is 11.1 Å². The Kier molecular flexibility index (Phi) is 7.03. The van der Waals surface area contributed by atoms with Crippen molar-refractivity contribution in [2.75, 3.05) is 36.5 Å². The minimum Gasteiger partial charge on any atom is -0.341 e. The minimum atomic E-state index is -3.05. The van der Waals surface area contributed by atoms with Gasteiger partial charge in [-0.2, -0.15) is 10.2 Å². The fraction of sp³-hybridized carbons (Fsp3) is 0.536. The Balaban J connectivity index is 1.47. The molecule has 1 N–H and O–H groups in total. The number of sulfone groups is 1. The molecule has 0 unspecified atom stereocenters. The maximum atomic E-state index is 14.5. The zero-order chi connectivity index (χ0) is 29.1. The molecule has 2 amide bonds. The molecule has 10 nitrogen and oxygen atoms in total. The van der Waals surface area contributed by atoms with Crippen LogP contribution >= 0.6 is 0 Å². The molecular weight excluding hydrogens is 552 g/mol. The number of aryl methyl sites for hydroxylation is 2. The van der Waals surface area contributed by atoms with E-state index in [9.17, 15) is 22.0 Å². The van der Waals surface area contributed by atoms with Crippen LogP contribution in [-0.4, -0.2) is 70.6 Å². The van der Waals surface area contributed by atoms with Crippen molar-refractivity contribution in [1.82, 2.24) is 29.8 Å². The number of alkyl halides is 2. The number of amides is 2. The predicted molar refractivity (Wildman–Crippen MR) is 151 cm³/mol. The van der Waals surface area contributed by atoms with Crippen LogP contribution in [-0.2, 0) is 36.3 Å². The Morgan fingerprint density at radius 1 is 1.12 bits per heavy atom. The summed E-state index contributed by atoms with van der Waals surface area (Å²) in [4.78, 5) is 16.3. The van der Waals surface area contributed by atoms with E-state index in [1.165, 1.54) is 0 Å². The van der Waals surface area contributed by atoms with Gasteiger partial charge in [-0.05, 0) is 55.9 Å². The largest absolute Gasteiger partial charge is 0.341 e. The molecule has 0 atom stereocenters. The number of nitrogens with one attached hydrogen (secondary N) is 1. The van der Waals surface area contributed by atoms with Gasteiger partial charge in [-0.1, -0.05) is 0 Å². The molecule has 3 aromatic rings. The van der Waals surface area contributed by atoms with E-state index < -0.39 is 16.3 Å². The van der Waals surface area contributed by atoms with E-state index in [1.807, 2.05) is 22.6 Å². The van der Waals surface area contributed by atoms with E-state index in [0.29, 0.717) is 61.5 Å². The zero-order valence-corrected chi connectivity index (χ0v) is 24.3. The second kappa shape index (κ2) is 10.4. The van der Waals surface area contributed by atoms with Crippen molar-refractivity contribution >= 4 is 27.4 Å². The normalized spacial score (nSPS) is 18.9. The smallest absolute Gasteiger partial charge is 0.317 e. The molecule has 13 heteroatoms. The molecule has 1 fully saturated rings. The maximum Gasteiger partial charge on any atom is 0.317 e. The van der Waals surface area contributed by atoms with E-state index in [1.54, 1.807) is 35.9 Å². The monoisotopic (exact) mass is 587 g/mol. The van der Waals surface area contributed by atoms with Gasteiger partial charge in [-0.15, -0.1) is 0 Å². The summed E-state index contributed by atoms with van der Waals surface area (Å²) in [6, 6.07) is 3.22. The van der Waals surface area contributed by atoms with E-state index in [2.05, 4.69) is 10.4 Å². The molecule has 0 aliphatic carbocycles. The van der Waals surface area contributed by atoms with E-state index in [-0.39, 0.29) is 29.1 Å². The molecule has 6 rings (SSSR count). The molecule has 0 saturated carbocycles. The summed E-state index contributed by atoms with van der Waals surface area (Å²) in [6.07, 6.45) is 2.06. The summed E-state index contributed by atoms with van der Waals surface area (Å²) in [5.41, 5.74) is 5.50. The summed E-state index contributed by atoms with van der Waals surface area (Å²) in [7, 11) is 0.339. The lowest BCUT2D eigenvalue weighted by Crippen LogP contribution is -2.42. The second-order valence-corrected chi connectivity index (χ2v) is 13.5. The van der Waals surface area contributed by atoms with Crippen LogP contribution < -0.4 is 10.2 Å². The number of carbonyl (C=O) groups excluding carboxylic acids is 1. The van der Waals surface area contributed by atoms with Crippen LogP contribution in [0, 0.1) is 6.92 Å². The quantitative estimate of drug-likeness (QED) is 0.494. The number of hydrogen-bond acceptors (Lipinski definition) is 6. The Bertz CT molecular complexity index is 1600. The van der Waals surface area contributed by atoms with Crippen LogP contribution in [0.2, 0.25) is 0 Å². The number of aromatic nitrogens is 4. The zero-order valence-electron chi connectivity index (χ0n) is 23.5. The number of anilines is 2. The van der Waals surface area contributed by atoms with Gasteiger partial charge < -0.3 is 15.1 Å². The first-order chi connectivity index (χ1) is 19.6. The Morgan fingerprint density at radius 3 is 2.54 bits per heavy atom. The van der Waals surface area contributed by atoms with Gasteiger partial charge in [0.15, 0.2) is 5.82 Å². The van der Waals surface area contributed by atoms with Crippen LogP contribution in [0.15, 0.2) is 18.3 Å². The number of rotatable bonds is 4. The van der Waals surface area contributed by atoms with Crippen LogP contribution in [0.4, 0.5) is 25.1 Å². The lowest BCUT2D eigenvalue weighted by atomic mass is 9.92.